The Bertz CT molecular complexity index is 1380. The van der Waals surface area contributed by atoms with Crippen LogP contribution in [-0.2, 0) is 4.74 Å². The second-order valence-electron chi connectivity index (χ2n) is 9.33. The number of rotatable bonds is 3. The number of nitriles is 1. The molecule has 2 unspecified atom stereocenters. The molecule has 3 aromatic carbocycles. The van der Waals surface area contributed by atoms with E-state index in [0.29, 0.717) is 12.0 Å². The first-order valence-corrected chi connectivity index (χ1v) is 11.8. The molecule has 2 heterocycles. The first-order valence-electron chi connectivity index (χ1n) is 11.8. The molecule has 0 saturated carbocycles. The van der Waals surface area contributed by atoms with Gasteiger partial charge < -0.3 is 4.74 Å². The van der Waals surface area contributed by atoms with Crippen LogP contribution in [0.2, 0.25) is 0 Å². The lowest BCUT2D eigenvalue weighted by Crippen LogP contribution is -2.43. The molecule has 0 N–H and O–H groups in total. The third-order valence-corrected chi connectivity index (χ3v) is 7.47. The van der Waals surface area contributed by atoms with Crippen molar-refractivity contribution in [1.82, 2.24) is 4.90 Å². The van der Waals surface area contributed by atoms with E-state index in [-0.39, 0.29) is 36.3 Å². The second-order valence-corrected chi connectivity index (χ2v) is 9.33. The maximum atomic E-state index is 13.9. The molecular weight excluding hydrogens is 446 g/mol. The number of halogens is 2. The fraction of sp³-hybridized carbons (Fsp3) is 0.241. The lowest BCUT2D eigenvalue weighted by Gasteiger charge is -2.33. The van der Waals surface area contributed by atoms with Crippen molar-refractivity contribution in [3.8, 4) is 17.2 Å². The summed E-state index contributed by atoms with van der Waals surface area (Å²) in [6.07, 6.45) is 3.57. The van der Waals surface area contributed by atoms with Crippen LogP contribution in [0.5, 0.6) is 0 Å². The number of fused-ring (bicyclic) bond motifs is 5. The molecule has 4 nitrogen and oxygen atoms in total. The molecule has 3 aromatic rings. The number of carbonyl (C=O) groups excluding carboxylic acids is 1. The normalized spacial score (nSPS) is 20.1. The smallest absolute Gasteiger partial charge is 0.410 e. The maximum absolute atomic E-state index is 13.9. The molecule has 2 atom stereocenters. The molecule has 2 aliphatic heterocycles. The van der Waals surface area contributed by atoms with Gasteiger partial charge in [-0.15, -0.1) is 0 Å². The first-order chi connectivity index (χ1) is 17.0. The minimum Gasteiger partial charge on any atom is -0.448 e. The molecule has 6 rings (SSSR count). The molecule has 174 valence electrons. The lowest BCUT2D eigenvalue weighted by molar-refractivity contribution is 0.0866. The molecule has 1 saturated heterocycles. The molecule has 0 aromatic heterocycles. The zero-order chi connectivity index (χ0) is 24.1. The van der Waals surface area contributed by atoms with E-state index in [1.54, 1.807) is 4.90 Å². The standard InChI is InChI=1S/C29H22F2N2O2/c30-27-13-18(15-32)25(14-28(27)31)17-11-19-9-10-20(12-17)33(19)29(34)35-16-26-23-7-3-1-5-21(23)22-6-2-4-8-24(22)26/h1-8,11,13-14,19-20,26H,9-10,12,16H2. The number of benzene rings is 3. The SMILES string of the molecule is N#Cc1cc(F)c(F)cc1C1=CC2CCC(C1)N2C(=O)OCC1c2ccccc2-c2ccccc21. The van der Waals surface area contributed by atoms with Crippen LogP contribution in [0.3, 0.4) is 0 Å². The Morgan fingerprint density at radius 3 is 2.29 bits per heavy atom. The van der Waals surface area contributed by atoms with Gasteiger partial charge >= 0.3 is 6.09 Å². The summed E-state index contributed by atoms with van der Waals surface area (Å²) < 4.78 is 33.4. The summed E-state index contributed by atoms with van der Waals surface area (Å²) >= 11 is 0. The number of carbonyl (C=O) groups is 1. The van der Waals surface area contributed by atoms with Crippen molar-refractivity contribution in [2.75, 3.05) is 6.61 Å². The second kappa shape index (κ2) is 8.35. The van der Waals surface area contributed by atoms with Gasteiger partial charge in [-0.1, -0.05) is 54.6 Å². The Balaban J connectivity index is 1.22. The van der Waals surface area contributed by atoms with E-state index in [4.69, 9.17) is 4.74 Å². The topological polar surface area (TPSA) is 53.3 Å². The number of ether oxygens (including phenoxy) is 1. The Kier molecular flexibility index (Phi) is 5.14. The van der Waals surface area contributed by atoms with E-state index < -0.39 is 11.6 Å². The summed E-state index contributed by atoms with van der Waals surface area (Å²) in [7, 11) is 0. The molecule has 0 radical (unpaired) electrons. The summed E-state index contributed by atoms with van der Waals surface area (Å²) in [5.74, 6) is -2.03. The summed E-state index contributed by atoms with van der Waals surface area (Å²) in [6.45, 7) is 0.251. The molecule has 3 aliphatic rings. The van der Waals surface area contributed by atoms with Gasteiger partial charge in [-0.25, -0.2) is 13.6 Å². The molecule has 35 heavy (non-hydrogen) atoms. The molecule has 1 aliphatic carbocycles. The number of hydrogen-bond acceptors (Lipinski definition) is 3. The lowest BCUT2D eigenvalue weighted by atomic mass is 9.92. The van der Waals surface area contributed by atoms with Gasteiger partial charge in [0.15, 0.2) is 11.6 Å². The van der Waals surface area contributed by atoms with Gasteiger partial charge in [-0.2, -0.15) is 5.26 Å². The van der Waals surface area contributed by atoms with Gasteiger partial charge in [0, 0.05) is 12.0 Å². The highest BCUT2D eigenvalue weighted by Gasteiger charge is 2.41. The minimum atomic E-state index is -1.04. The van der Waals surface area contributed by atoms with Crippen LogP contribution in [0, 0.1) is 23.0 Å². The van der Waals surface area contributed by atoms with Crippen molar-refractivity contribution < 1.29 is 18.3 Å². The Morgan fingerprint density at radius 1 is 0.971 bits per heavy atom. The van der Waals surface area contributed by atoms with Crippen LogP contribution in [-0.4, -0.2) is 29.7 Å². The Hall–Kier alpha value is -3.98. The van der Waals surface area contributed by atoms with Crippen LogP contribution < -0.4 is 0 Å². The van der Waals surface area contributed by atoms with Crippen LogP contribution in [0.4, 0.5) is 13.6 Å². The van der Waals surface area contributed by atoms with Crippen molar-refractivity contribution in [2.24, 2.45) is 0 Å². The average molecular weight is 469 g/mol. The van der Waals surface area contributed by atoms with Crippen LogP contribution in [0.25, 0.3) is 16.7 Å². The Morgan fingerprint density at radius 2 is 1.63 bits per heavy atom. The molecule has 1 fully saturated rings. The fourth-order valence-electron chi connectivity index (χ4n) is 5.89. The van der Waals surface area contributed by atoms with E-state index in [1.165, 1.54) is 11.1 Å². The highest BCUT2D eigenvalue weighted by molar-refractivity contribution is 5.80. The zero-order valence-corrected chi connectivity index (χ0v) is 18.9. The molecule has 0 spiro atoms. The van der Waals surface area contributed by atoms with Gasteiger partial charge in [-0.3, -0.25) is 4.90 Å². The van der Waals surface area contributed by atoms with E-state index in [1.807, 2.05) is 36.4 Å². The average Bonchev–Trinajstić information content (AvgIpc) is 3.34. The van der Waals surface area contributed by atoms with Gasteiger partial charge in [0.2, 0.25) is 0 Å². The number of hydrogen-bond donors (Lipinski definition) is 0. The van der Waals surface area contributed by atoms with E-state index >= 15 is 0 Å². The summed E-state index contributed by atoms with van der Waals surface area (Å²) in [6, 6.07) is 20.1. The highest BCUT2D eigenvalue weighted by Crippen LogP contribution is 2.45. The first kappa shape index (κ1) is 21.5. The quantitative estimate of drug-likeness (QED) is 0.447. The van der Waals surface area contributed by atoms with E-state index in [2.05, 4.69) is 24.3 Å². The molecule has 1 amide bonds. The van der Waals surface area contributed by atoms with Crippen molar-refractivity contribution in [3.63, 3.8) is 0 Å². The van der Waals surface area contributed by atoms with Crippen molar-refractivity contribution in [3.05, 3.63) is 101 Å². The van der Waals surface area contributed by atoms with Crippen molar-refractivity contribution >= 4 is 11.7 Å². The maximum Gasteiger partial charge on any atom is 0.410 e. The van der Waals surface area contributed by atoms with Crippen LogP contribution >= 0.6 is 0 Å². The largest absolute Gasteiger partial charge is 0.448 e. The van der Waals surface area contributed by atoms with Gasteiger partial charge in [-0.05, 0) is 64.8 Å². The number of nitrogens with zero attached hydrogens (tertiary/aromatic N) is 2. The predicted molar refractivity (Wildman–Crippen MR) is 127 cm³/mol. The van der Waals surface area contributed by atoms with Gasteiger partial charge in [0.1, 0.15) is 6.61 Å². The van der Waals surface area contributed by atoms with E-state index in [9.17, 15) is 18.8 Å². The third kappa shape index (κ3) is 3.50. The Labute approximate surface area is 202 Å². The van der Waals surface area contributed by atoms with Gasteiger partial charge in [0.05, 0.1) is 17.7 Å². The van der Waals surface area contributed by atoms with Crippen molar-refractivity contribution in [1.29, 1.82) is 5.26 Å². The summed E-state index contributed by atoms with van der Waals surface area (Å²) in [5.41, 5.74) is 5.94. The predicted octanol–water partition coefficient (Wildman–Crippen LogP) is 6.41. The van der Waals surface area contributed by atoms with E-state index in [0.717, 1.165) is 41.7 Å². The molecule has 6 heteroatoms. The summed E-state index contributed by atoms with van der Waals surface area (Å²) in [4.78, 5) is 15.0. The molecule has 2 bridgehead atoms. The molecular formula is C29H22F2N2O2. The van der Waals surface area contributed by atoms with Gasteiger partial charge in [0.25, 0.3) is 0 Å². The van der Waals surface area contributed by atoms with Crippen molar-refractivity contribution in [2.45, 2.75) is 37.3 Å². The minimum absolute atomic E-state index is 0.0136. The van der Waals surface area contributed by atoms with Crippen LogP contribution in [0.15, 0.2) is 66.7 Å². The third-order valence-electron chi connectivity index (χ3n) is 7.47. The summed E-state index contributed by atoms with van der Waals surface area (Å²) in [5, 5.41) is 9.41. The highest BCUT2D eigenvalue weighted by atomic mass is 19.2. The van der Waals surface area contributed by atoms with Crippen LogP contribution in [0.1, 0.15) is 47.4 Å². The monoisotopic (exact) mass is 468 g/mol. The fourth-order valence-corrected chi connectivity index (χ4v) is 5.89. The zero-order valence-electron chi connectivity index (χ0n) is 18.9. The number of amides is 1.